The molecule has 118 valence electrons. The Morgan fingerprint density at radius 3 is 2.62 bits per heavy atom. The van der Waals surface area contributed by atoms with Gasteiger partial charge in [-0.25, -0.2) is 8.42 Å². The fraction of sp³-hybridized carbons (Fsp3) is 0.692. The summed E-state index contributed by atoms with van der Waals surface area (Å²) in [5, 5.41) is 9.16. The first-order valence-corrected chi connectivity index (χ1v) is 9.42. The number of nitrogens with zero attached hydrogens (tertiary/aromatic N) is 1. The fourth-order valence-corrected chi connectivity index (χ4v) is 3.77. The molecule has 0 unspecified atom stereocenters. The molecule has 1 amide bonds. The number of amides is 1. The molecule has 0 saturated heterocycles. The molecule has 21 heavy (non-hydrogen) atoms. The monoisotopic (exact) mass is 333 g/mol. The van der Waals surface area contributed by atoms with E-state index in [9.17, 15) is 13.2 Å². The molecule has 1 heterocycles. The van der Waals surface area contributed by atoms with Crippen molar-refractivity contribution in [2.24, 2.45) is 5.92 Å². The van der Waals surface area contributed by atoms with E-state index in [0.29, 0.717) is 18.2 Å². The molecule has 2 N–H and O–H groups in total. The molecule has 0 spiro atoms. The Morgan fingerprint density at radius 2 is 2.14 bits per heavy atom. The van der Waals surface area contributed by atoms with Crippen molar-refractivity contribution in [3.05, 3.63) is 11.4 Å². The molecular weight excluding hydrogens is 314 g/mol. The van der Waals surface area contributed by atoms with Gasteiger partial charge in [0, 0.05) is 17.2 Å². The zero-order valence-corrected chi connectivity index (χ0v) is 13.7. The van der Waals surface area contributed by atoms with E-state index in [2.05, 4.69) is 15.5 Å². The molecule has 0 aromatic carbocycles. The number of hydrogen-bond acceptors (Lipinski definition) is 4. The molecule has 1 saturated carbocycles. The largest absolute Gasteiger partial charge is 0.351 e. The highest BCUT2D eigenvalue weighted by Gasteiger charge is 2.29. The lowest BCUT2D eigenvalue weighted by Crippen LogP contribution is -2.28. The average Bonchev–Trinajstić information content (AvgIpc) is 2.76. The minimum absolute atomic E-state index is 0.127. The highest BCUT2D eigenvalue weighted by atomic mass is 35.7. The number of rotatable bonds is 6. The molecular formula is C13H20ClN3O3S. The number of carbonyl (C=O) groups is 1. The van der Waals surface area contributed by atoms with Gasteiger partial charge in [0.2, 0.25) is 0 Å². The standard InChI is InChI=1S/C13H20ClN3O3S/c1-8(2)10-12(21(14,19)20)11(17-16-10)13(18)15-7-6-9-4-3-5-9/h8-9H,3-7H2,1-2H3,(H,15,18)(H,16,17). The highest BCUT2D eigenvalue weighted by molar-refractivity contribution is 8.13. The summed E-state index contributed by atoms with van der Waals surface area (Å²) in [6, 6.07) is 0. The number of aromatic amines is 1. The fourth-order valence-electron chi connectivity index (χ4n) is 2.39. The topological polar surface area (TPSA) is 91.9 Å². The van der Waals surface area contributed by atoms with E-state index < -0.39 is 15.0 Å². The Morgan fingerprint density at radius 1 is 1.48 bits per heavy atom. The smallest absolute Gasteiger partial charge is 0.273 e. The summed E-state index contributed by atoms with van der Waals surface area (Å²) < 4.78 is 23.4. The van der Waals surface area contributed by atoms with Gasteiger partial charge in [0.1, 0.15) is 4.90 Å². The number of hydrogen-bond donors (Lipinski definition) is 2. The third kappa shape index (κ3) is 3.77. The molecule has 1 fully saturated rings. The SMILES string of the molecule is CC(C)c1[nH]nc(C(=O)NCCC2CCC2)c1S(=O)(=O)Cl. The third-order valence-electron chi connectivity index (χ3n) is 3.85. The summed E-state index contributed by atoms with van der Waals surface area (Å²) in [5.74, 6) is 0.0428. The van der Waals surface area contributed by atoms with Crippen LogP contribution >= 0.6 is 10.7 Å². The predicted octanol–water partition coefficient (Wildman–Crippen LogP) is 2.38. The first-order chi connectivity index (χ1) is 9.80. The Hall–Kier alpha value is -1.08. The lowest BCUT2D eigenvalue weighted by molar-refractivity contribution is 0.0940. The second-order valence-corrected chi connectivity index (χ2v) is 8.25. The molecule has 8 heteroatoms. The van der Waals surface area contributed by atoms with Gasteiger partial charge in [0.15, 0.2) is 5.69 Å². The van der Waals surface area contributed by atoms with Crippen LogP contribution in [0.4, 0.5) is 0 Å². The molecule has 0 radical (unpaired) electrons. The van der Waals surface area contributed by atoms with Crippen molar-refractivity contribution in [3.63, 3.8) is 0 Å². The third-order valence-corrected chi connectivity index (χ3v) is 5.21. The summed E-state index contributed by atoms with van der Waals surface area (Å²) in [7, 11) is 1.42. The first kappa shape index (κ1) is 16.3. The van der Waals surface area contributed by atoms with E-state index in [1.807, 2.05) is 0 Å². The second kappa shape index (κ2) is 6.36. The van der Waals surface area contributed by atoms with Crippen LogP contribution < -0.4 is 5.32 Å². The molecule has 1 aromatic rings. The van der Waals surface area contributed by atoms with Crippen molar-refractivity contribution < 1.29 is 13.2 Å². The van der Waals surface area contributed by atoms with Gasteiger partial charge >= 0.3 is 0 Å². The maximum absolute atomic E-state index is 12.1. The Kier molecular flexibility index (Phi) is 4.93. The van der Waals surface area contributed by atoms with E-state index in [4.69, 9.17) is 10.7 Å². The quantitative estimate of drug-likeness (QED) is 0.782. The van der Waals surface area contributed by atoms with Gasteiger partial charge in [0.25, 0.3) is 15.0 Å². The summed E-state index contributed by atoms with van der Waals surface area (Å²) in [5.41, 5.74) is 0.205. The zero-order chi connectivity index (χ0) is 15.6. The van der Waals surface area contributed by atoms with Crippen LogP contribution in [0.2, 0.25) is 0 Å². The average molecular weight is 334 g/mol. The Bertz CT molecular complexity index is 621. The summed E-state index contributed by atoms with van der Waals surface area (Å²) >= 11 is 0. The van der Waals surface area contributed by atoms with Crippen molar-refractivity contribution in [1.82, 2.24) is 15.5 Å². The van der Waals surface area contributed by atoms with Gasteiger partial charge in [-0.15, -0.1) is 0 Å². The summed E-state index contributed by atoms with van der Waals surface area (Å²) in [6.45, 7) is 4.13. The normalized spacial score (nSPS) is 16.0. The van der Waals surface area contributed by atoms with Crippen molar-refractivity contribution in [1.29, 1.82) is 0 Å². The molecule has 2 rings (SSSR count). The summed E-state index contributed by atoms with van der Waals surface area (Å²) in [6.07, 6.45) is 4.58. The van der Waals surface area contributed by atoms with Crippen molar-refractivity contribution in [3.8, 4) is 0 Å². The van der Waals surface area contributed by atoms with Gasteiger partial charge in [-0.3, -0.25) is 9.89 Å². The van der Waals surface area contributed by atoms with Gasteiger partial charge in [-0.05, 0) is 18.3 Å². The minimum Gasteiger partial charge on any atom is -0.351 e. The van der Waals surface area contributed by atoms with Crippen LogP contribution in [0, 0.1) is 5.92 Å². The zero-order valence-electron chi connectivity index (χ0n) is 12.1. The predicted molar refractivity (Wildman–Crippen MR) is 80.0 cm³/mol. The number of halogens is 1. The van der Waals surface area contributed by atoms with Crippen LogP contribution in [-0.2, 0) is 9.05 Å². The van der Waals surface area contributed by atoms with Crippen molar-refractivity contribution in [2.45, 2.75) is 50.3 Å². The van der Waals surface area contributed by atoms with Crippen LogP contribution in [0.25, 0.3) is 0 Å². The van der Waals surface area contributed by atoms with E-state index >= 15 is 0 Å². The number of carbonyl (C=O) groups excluding carboxylic acids is 1. The lowest BCUT2D eigenvalue weighted by Gasteiger charge is -2.25. The lowest BCUT2D eigenvalue weighted by atomic mass is 9.83. The van der Waals surface area contributed by atoms with Crippen molar-refractivity contribution in [2.75, 3.05) is 6.54 Å². The molecule has 1 aromatic heterocycles. The maximum Gasteiger partial charge on any atom is 0.273 e. The summed E-state index contributed by atoms with van der Waals surface area (Å²) in [4.78, 5) is 11.9. The molecule has 1 aliphatic carbocycles. The van der Waals surface area contributed by atoms with Crippen LogP contribution in [0.5, 0.6) is 0 Å². The van der Waals surface area contributed by atoms with E-state index in [1.165, 1.54) is 19.3 Å². The van der Waals surface area contributed by atoms with Crippen LogP contribution in [0.15, 0.2) is 4.90 Å². The van der Waals surface area contributed by atoms with Crippen LogP contribution in [0.1, 0.15) is 61.6 Å². The second-order valence-electron chi connectivity index (χ2n) is 5.75. The minimum atomic E-state index is -4.03. The van der Waals surface area contributed by atoms with E-state index in [0.717, 1.165) is 6.42 Å². The molecule has 0 bridgehead atoms. The number of nitrogens with one attached hydrogen (secondary N) is 2. The van der Waals surface area contributed by atoms with E-state index in [1.54, 1.807) is 13.8 Å². The molecule has 0 atom stereocenters. The van der Waals surface area contributed by atoms with Crippen molar-refractivity contribution >= 4 is 25.6 Å². The highest BCUT2D eigenvalue weighted by Crippen LogP contribution is 2.29. The van der Waals surface area contributed by atoms with E-state index in [-0.39, 0.29) is 16.5 Å². The Labute approximate surface area is 129 Å². The molecule has 1 aliphatic rings. The van der Waals surface area contributed by atoms with Gasteiger partial charge in [-0.2, -0.15) is 5.10 Å². The molecule has 6 nitrogen and oxygen atoms in total. The van der Waals surface area contributed by atoms with Gasteiger partial charge < -0.3 is 5.32 Å². The van der Waals surface area contributed by atoms with Crippen LogP contribution in [0.3, 0.4) is 0 Å². The van der Waals surface area contributed by atoms with Gasteiger partial charge in [-0.1, -0.05) is 33.1 Å². The maximum atomic E-state index is 12.1. The Balaban J connectivity index is 2.12. The number of H-pyrrole nitrogens is 1. The number of aromatic nitrogens is 2. The van der Waals surface area contributed by atoms with Crippen LogP contribution in [-0.4, -0.2) is 31.1 Å². The molecule has 0 aliphatic heterocycles. The first-order valence-electron chi connectivity index (χ1n) is 7.11. The van der Waals surface area contributed by atoms with Gasteiger partial charge in [0.05, 0.1) is 5.69 Å².